The number of likely N-dealkylation sites (tertiary alicyclic amines) is 1. The number of hydrogen-bond donors (Lipinski definition) is 3. The van der Waals surface area contributed by atoms with Gasteiger partial charge in [0.15, 0.2) is 0 Å². The second-order valence-electron chi connectivity index (χ2n) is 6.11. The van der Waals surface area contributed by atoms with E-state index in [-0.39, 0.29) is 6.54 Å². The summed E-state index contributed by atoms with van der Waals surface area (Å²) in [5.74, 6) is -1.12. The van der Waals surface area contributed by atoms with Crippen molar-refractivity contribution in [2.75, 3.05) is 19.6 Å². The predicted molar refractivity (Wildman–Crippen MR) is 77.8 cm³/mol. The molecule has 7 heteroatoms. The Morgan fingerprint density at radius 2 is 1.95 bits per heavy atom. The highest BCUT2D eigenvalue weighted by atomic mass is 16.4. The fourth-order valence-corrected chi connectivity index (χ4v) is 2.35. The number of carbonyl (C=O) groups is 3. The lowest BCUT2D eigenvalue weighted by atomic mass is 9.88. The lowest BCUT2D eigenvalue weighted by molar-refractivity contribution is -0.153. The molecule has 3 N–H and O–H groups in total. The number of urea groups is 1. The number of aliphatic carboxylic acids is 1. The van der Waals surface area contributed by atoms with Crippen LogP contribution in [0, 0.1) is 5.92 Å². The molecule has 1 unspecified atom stereocenters. The molecule has 0 aromatic rings. The zero-order valence-electron chi connectivity index (χ0n) is 12.9. The van der Waals surface area contributed by atoms with Crippen LogP contribution in [0.25, 0.3) is 0 Å². The third-order valence-electron chi connectivity index (χ3n) is 3.76. The Balaban J connectivity index is 2.52. The zero-order chi connectivity index (χ0) is 16.0. The van der Waals surface area contributed by atoms with Crippen molar-refractivity contribution in [1.82, 2.24) is 15.5 Å². The van der Waals surface area contributed by atoms with Crippen LogP contribution in [0.1, 0.15) is 40.0 Å². The van der Waals surface area contributed by atoms with Gasteiger partial charge >= 0.3 is 12.0 Å². The number of amides is 3. The van der Waals surface area contributed by atoms with E-state index in [2.05, 4.69) is 10.6 Å². The van der Waals surface area contributed by atoms with Crippen LogP contribution in [0.3, 0.4) is 0 Å². The number of imide groups is 1. The summed E-state index contributed by atoms with van der Waals surface area (Å²) in [6, 6.07) is -0.539. The average Bonchev–Trinajstić information content (AvgIpc) is 2.39. The smallest absolute Gasteiger partial charge is 0.323 e. The van der Waals surface area contributed by atoms with Gasteiger partial charge in [-0.1, -0.05) is 13.8 Å². The first-order valence-electron chi connectivity index (χ1n) is 7.32. The summed E-state index contributed by atoms with van der Waals surface area (Å²) in [7, 11) is 0. The summed E-state index contributed by atoms with van der Waals surface area (Å²) in [6.07, 6.45) is 2.20. The predicted octanol–water partition coefficient (Wildman–Crippen LogP) is 0.797. The van der Waals surface area contributed by atoms with Crippen molar-refractivity contribution in [2.24, 2.45) is 5.92 Å². The molecule has 1 heterocycles. The zero-order valence-corrected chi connectivity index (χ0v) is 12.9. The van der Waals surface area contributed by atoms with E-state index >= 15 is 0 Å². The molecule has 0 bridgehead atoms. The fraction of sp³-hybridized carbons (Fsp3) is 0.786. The van der Waals surface area contributed by atoms with Crippen molar-refractivity contribution in [2.45, 2.75) is 45.6 Å². The number of carboxylic acid groups (broad SMARTS) is 1. The van der Waals surface area contributed by atoms with Gasteiger partial charge in [0.1, 0.15) is 5.54 Å². The normalized spacial score (nSPS) is 22.9. The monoisotopic (exact) mass is 299 g/mol. The molecule has 1 fully saturated rings. The number of hydrogen-bond acceptors (Lipinski definition) is 4. The first kappa shape index (κ1) is 17.4. The van der Waals surface area contributed by atoms with Crippen LogP contribution in [0.15, 0.2) is 0 Å². The van der Waals surface area contributed by atoms with Gasteiger partial charge in [-0.3, -0.25) is 19.8 Å². The maximum Gasteiger partial charge on any atom is 0.323 e. The summed E-state index contributed by atoms with van der Waals surface area (Å²) in [4.78, 5) is 36.4. The van der Waals surface area contributed by atoms with Crippen LogP contribution in [0.2, 0.25) is 0 Å². The number of carboxylic acids is 1. The Morgan fingerprint density at radius 1 is 1.29 bits per heavy atom. The molecule has 0 aromatic carbocycles. The summed E-state index contributed by atoms with van der Waals surface area (Å²) >= 11 is 0. The second-order valence-corrected chi connectivity index (χ2v) is 6.11. The van der Waals surface area contributed by atoms with Crippen molar-refractivity contribution in [3.8, 4) is 0 Å². The molecule has 120 valence electrons. The van der Waals surface area contributed by atoms with E-state index in [0.717, 1.165) is 12.8 Å². The van der Waals surface area contributed by atoms with Crippen molar-refractivity contribution in [3.63, 3.8) is 0 Å². The summed E-state index contributed by atoms with van der Waals surface area (Å²) in [5, 5.41) is 14.2. The molecule has 0 spiro atoms. The van der Waals surface area contributed by atoms with Gasteiger partial charge in [-0.2, -0.15) is 0 Å². The molecule has 3 amide bonds. The van der Waals surface area contributed by atoms with E-state index in [4.69, 9.17) is 0 Å². The minimum atomic E-state index is -1.04. The molecular formula is C14H25N3O4. The van der Waals surface area contributed by atoms with Gasteiger partial charge in [0.25, 0.3) is 0 Å². The van der Waals surface area contributed by atoms with E-state index in [1.54, 1.807) is 11.8 Å². The molecule has 1 aliphatic heterocycles. The van der Waals surface area contributed by atoms with Gasteiger partial charge < -0.3 is 10.4 Å². The van der Waals surface area contributed by atoms with Crippen LogP contribution in [-0.4, -0.2) is 53.1 Å². The molecular weight excluding hydrogens is 274 g/mol. The fourth-order valence-electron chi connectivity index (χ4n) is 2.35. The molecule has 0 saturated carbocycles. The topological polar surface area (TPSA) is 98.7 Å². The van der Waals surface area contributed by atoms with Crippen LogP contribution < -0.4 is 10.6 Å². The number of carbonyl (C=O) groups excluding carboxylic acids is 2. The molecule has 1 rings (SSSR count). The third-order valence-corrected chi connectivity index (χ3v) is 3.76. The molecule has 0 aromatic heterocycles. The molecule has 0 aliphatic carbocycles. The van der Waals surface area contributed by atoms with E-state index in [9.17, 15) is 19.5 Å². The first-order valence-corrected chi connectivity index (χ1v) is 7.32. The summed E-state index contributed by atoms with van der Waals surface area (Å²) < 4.78 is 0. The van der Waals surface area contributed by atoms with Crippen molar-refractivity contribution in [3.05, 3.63) is 0 Å². The highest BCUT2D eigenvalue weighted by molar-refractivity contribution is 5.95. The average molecular weight is 299 g/mol. The van der Waals surface area contributed by atoms with Gasteiger partial charge in [-0.05, 0) is 38.6 Å². The lowest BCUT2D eigenvalue weighted by Gasteiger charge is -2.41. The molecule has 0 radical (unpaired) electrons. The molecule has 1 atom stereocenters. The molecule has 1 saturated heterocycles. The van der Waals surface area contributed by atoms with Gasteiger partial charge in [0.05, 0.1) is 6.54 Å². The Bertz CT molecular complexity index is 411. The van der Waals surface area contributed by atoms with Crippen LogP contribution in [0.5, 0.6) is 0 Å². The Kier molecular flexibility index (Phi) is 6.14. The number of rotatable bonds is 5. The second kappa shape index (κ2) is 7.40. The highest BCUT2D eigenvalue weighted by Gasteiger charge is 2.42. The Labute approximate surface area is 125 Å². The van der Waals surface area contributed by atoms with Crippen LogP contribution in [0.4, 0.5) is 4.79 Å². The molecule has 1 aliphatic rings. The van der Waals surface area contributed by atoms with Crippen molar-refractivity contribution < 1.29 is 19.5 Å². The number of nitrogens with zero attached hydrogens (tertiary/aromatic N) is 1. The maximum atomic E-state index is 11.9. The van der Waals surface area contributed by atoms with Gasteiger partial charge in [0.2, 0.25) is 5.91 Å². The SMILES string of the molecule is CC(C)CNC(=O)NC(=O)CN1CCCCC1(C)C(=O)O. The van der Waals surface area contributed by atoms with Crippen LogP contribution >= 0.6 is 0 Å². The van der Waals surface area contributed by atoms with E-state index in [1.807, 2.05) is 13.8 Å². The maximum absolute atomic E-state index is 11.9. The highest BCUT2D eigenvalue weighted by Crippen LogP contribution is 2.27. The molecule has 7 nitrogen and oxygen atoms in total. The van der Waals surface area contributed by atoms with Crippen molar-refractivity contribution in [1.29, 1.82) is 0 Å². The largest absolute Gasteiger partial charge is 0.480 e. The summed E-state index contributed by atoms with van der Waals surface area (Å²) in [5.41, 5.74) is -1.04. The Hall–Kier alpha value is -1.63. The first-order chi connectivity index (χ1) is 9.75. The quantitative estimate of drug-likeness (QED) is 0.697. The van der Waals surface area contributed by atoms with Gasteiger partial charge in [-0.25, -0.2) is 4.79 Å². The van der Waals surface area contributed by atoms with Crippen molar-refractivity contribution >= 4 is 17.9 Å². The van der Waals surface area contributed by atoms with E-state index in [1.165, 1.54) is 0 Å². The lowest BCUT2D eigenvalue weighted by Crippen LogP contribution is -2.58. The van der Waals surface area contributed by atoms with E-state index < -0.39 is 23.4 Å². The third kappa shape index (κ3) is 5.00. The minimum Gasteiger partial charge on any atom is -0.480 e. The summed E-state index contributed by atoms with van der Waals surface area (Å²) in [6.45, 7) is 6.47. The van der Waals surface area contributed by atoms with E-state index in [0.29, 0.717) is 25.4 Å². The number of nitrogens with one attached hydrogen (secondary N) is 2. The molecule has 21 heavy (non-hydrogen) atoms. The Morgan fingerprint density at radius 3 is 2.52 bits per heavy atom. The van der Waals surface area contributed by atoms with Crippen LogP contribution in [-0.2, 0) is 9.59 Å². The minimum absolute atomic E-state index is 0.0854. The number of piperidine rings is 1. The standard InChI is InChI=1S/C14H25N3O4/c1-10(2)8-15-13(21)16-11(18)9-17-7-5-4-6-14(17,3)12(19)20/h10H,4-9H2,1-3H3,(H,19,20)(H2,15,16,18,21). The van der Waals surface area contributed by atoms with Gasteiger partial charge in [-0.15, -0.1) is 0 Å². The van der Waals surface area contributed by atoms with Gasteiger partial charge in [0, 0.05) is 6.54 Å².